The lowest BCUT2D eigenvalue weighted by atomic mass is 9.90. The summed E-state index contributed by atoms with van der Waals surface area (Å²) in [6, 6.07) is 4.69. The van der Waals surface area contributed by atoms with Crippen LogP contribution in [-0.4, -0.2) is 66.6 Å². The van der Waals surface area contributed by atoms with Crippen LogP contribution in [0.1, 0.15) is 50.5 Å². The van der Waals surface area contributed by atoms with Crippen molar-refractivity contribution in [1.29, 1.82) is 0 Å². The van der Waals surface area contributed by atoms with Crippen LogP contribution < -0.4 is 0 Å². The van der Waals surface area contributed by atoms with Gasteiger partial charge in [-0.15, -0.1) is 5.10 Å². The molecule has 2 fully saturated rings. The molecule has 0 radical (unpaired) electrons. The molecule has 1 saturated carbocycles. The van der Waals surface area contributed by atoms with Gasteiger partial charge < -0.3 is 9.80 Å². The third-order valence-electron chi connectivity index (χ3n) is 6.26. The van der Waals surface area contributed by atoms with Crippen molar-refractivity contribution in [3.05, 3.63) is 36.4 Å². The van der Waals surface area contributed by atoms with Crippen LogP contribution in [0.5, 0.6) is 0 Å². The quantitative estimate of drug-likeness (QED) is 0.712. The van der Waals surface area contributed by atoms with Crippen molar-refractivity contribution in [3.8, 4) is 0 Å². The number of nitrogens with zero attached hydrogens (tertiary/aromatic N) is 7. The number of aromatic nitrogens is 5. The molecule has 1 atom stereocenters. The van der Waals surface area contributed by atoms with Gasteiger partial charge >= 0.3 is 0 Å². The average Bonchev–Trinajstić information content (AvgIpc) is 3.28. The molecule has 8 heteroatoms. The van der Waals surface area contributed by atoms with E-state index in [2.05, 4.69) is 25.4 Å². The predicted octanol–water partition coefficient (Wildman–Crippen LogP) is 2.14. The fourth-order valence-corrected chi connectivity index (χ4v) is 4.79. The largest absolute Gasteiger partial charge is 0.336 e. The van der Waals surface area contributed by atoms with Gasteiger partial charge in [0, 0.05) is 38.1 Å². The van der Waals surface area contributed by atoms with Gasteiger partial charge in [-0.1, -0.05) is 25.3 Å². The fourth-order valence-electron chi connectivity index (χ4n) is 4.79. The summed E-state index contributed by atoms with van der Waals surface area (Å²) < 4.78 is 1.49. The minimum absolute atomic E-state index is 0.0518. The minimum atomic E-state index is 0.0518. The highest BCUT2D eigenvalue weighted by Gasteiger charge is 2.29. The molecule has 3 heterocycles. The van der Waals surface area contributed by atoms with E-state index in [1.807, 2.05) is 23.2 Å². The van der Waals surface area contributed by atoms with E-state index >= 15 is 0 Å². The molecule has 156 valence electrons. The molecule has 8 nitrogen and oxygen atoms in total. The van der Waals surface area contributed by atoms with Gasteiger partial charge in [-0.2, -0.15) is 0 Å². The average molecular weight is 398 g/mol. The molecule has 1 unspecified atom stereocenters. The van der Waals surface area contributed by atoms with Gasteiger partial charge in [-0.25, -0.2) is 4.68 Å². The van der Waals surface area contributed by atoms with Crippen LogP contribution in [0, 0.1) is 5.92 Å². The minimum Gasteiger partial charge on any atom is -0.336 e. The zero-order valence-electron chi connectivity index (χ0n) is 17.1. The lowest BCUT2D eigenvalue weighted by Crippen LogP contribution is -2.47. The summed E-state index contributed by atoms with van der Waals surface area (Å²) in [5.41, 5.74) is 1.05. The van der Waals surface area contributed by atoms with Crippen molar-refractivity contribution < 1.29 is 4.79 Å². The Hall–Kier alpha value is -2.35. The molecule has 4 rings (SSSR count). The number of hydrogen-bond acceptors (Lipinski definition) is 6. The third kappa shape index (κ3) is 5.59. The Bertz CT molecular complexity index is 746. The number of tetrazole rings is 1. The summed E-state index contributed by atoms with van der Waals surface area (Å²) >= 11 is 0. The second-order valence-electron chi connectivity index (χ2n) is 8.44. The summed E-state index contributed by atoms with van der Waals surface area (Å²) in [6.07, 6.45) is 14.3. The molecule has 2 aromatic heterocycles. The van der Waals surface area contributed by atoms with Crippen LogP contribution in [0.2, 0.25) is 0 Å². The Balaban J connectivity index is 1.41. The first-order valence-electron chi connectivity index (χ1n) is 10.9. The van der Waals surface area contributed by atoms with E-state index in [0.717, 1.165) is 24.7 Å². The van der Waals surface area contributed by atoms with Crippen molar-refractivity contribution in [1.82, 2.24) is 35.0 Å². The van der Waals surface area contributed by atoms with E-state index in [9.17, 15) is 4.79 Å². The second-order valence-corrected chi connectivity index (χ2v) is 8.44. The van der Waals surface area contributed by atoms with Crippen LogP contribution in [0.3, 0.4) is 0 Å². The highest BCUT2D eigenvalue weighted by atomic mass is 16.2. The van der Waals surface area contributed by atoms with Crippen molar-refractivity contribution in [2.45, 2.75) is 64.1 Å². The maximum atomic E-state index is 13.0. The normalized spacial score (nSPS) is 21.2. The van der Waals surface area contributed by atoms with Crippen molar-refractivity contribution in [2.24, 2.45) is 5.92 Å². The molecule has 29 heavy (non-hydrogen) atoms. The summed E-state index contributed by atoms with van der Waals surface area (Å²) in [5, 5.41) is 11.1. The molecule has 1 aliphatic carbocycles. The fraction of sp³-hybridized carbons (Fsp3) is 0.667. The Morgan fingerprint density at radius 2 is 2.07 bits per heavy atom. The lowest BCUT2D eigenvalue weighted by molar-refractivity contribution is -0.133. The predicted molar refractivity (Wildman–Crippen MR) is 109 cm³/mol. The summed E-state index contributed by atoms with van der Waals surface area (Å²) in [7, 11) is 0. The number of likely N-dealkylation sites (tertiary alicyclic amines) is 1. The SMILES string of the molecule is O=C(Cn1cnnn1)N(Cc1cccnc1)CC1CCCN(C2CCCCC2)C1. The maximum Gasteiger partial charge on any atom is 0.244 e. The van der Waals surface area contributed by atoms with E-state index in [1.54, 1.807) is 6.20 Å². The first kappa shape index (κ1) is 19.9. The molecule has 0 aromatic carbocycles. The van der Waals surface area contributed by atoms with Gasteiger partial charge in [0.1, 0.15) is 12.9 Å². The monoisotopic (exact) mass is 397 g/mol. The number of carbonyl (C=O) groups is 1. The Kier molecular flexibility index (Phi) is 6.82. The van der Waals surface area contributed by atoms with Crippen LogP contribution >= 0.6 is 0 Å². The summed E-state index contributed by atoms with van der Waals surface area (Å²) in [6.45, 7) is 3.84. The highest BCUT2D eigenvalue weighted by molar-refractivity contribution is 5.75. The Morgan fingerprint density at radius 3 is 2.83 bits per heavy atom. The maximum absolute atomic E-state index is 13.0. The number of piperidine rings is 1. The van der Waals surface area contributed by atoms with Crippen molar-refractivity contribution >= 4 is 5.91 Å². The molecule has 1 aliphatic heterocycles. The smallest absolute Gasteiger partial charge is 0.244 e. The Morgan fingerprint density at radius 1 is 1.17 bits per heavy atom. The topological polar surface area (TPSA) is 80.0 Å². The number of pyridine rings is 1. The zero-order chi connectivity index (χ0) is 19.9. The zero-order valence-corrected chi connectivity index (χ0v) is 17.1. The molecule has 2 aromatic rings. The van der Waals surface area contributed by atoms with Gasteiger partial charge in [0.25, 0.3) is 0 Å². The second kappa shape index (κ2) is 9.91. The van der Waals surface area contributed by atoms with Gasteiger partial charge in [0.15, 0.2) is 0 Å². The van der Waals surface area contributed by atoms with E-state index in [1.165, 1.54) is 62.5 Å². The van der Waals surface area contributed by atoms with Gasteiger partial charge in [0.05, 0.1) is 0 Å². The van der Waals surface area contributed by atoms with Gasteiger partial charge in [0.2, 0.25) is 5.91 Å². The molecule has 2 aliphatic rings. The molecule has 1 amide bonds. The van der Waals surface area contributed by atoms with E-state index in [4.69, 9.17) is 0 Å². The number of amides is 1. The standard InChI is InChI=1S/C21H31N7O/c29-21(16-28-17-23-24-25-28)27(13-18-6-4-10-22-12-18)15-19-7-5-11-26(14-19)20-8-2-1-3-9-20/h4,6,10,12,17,19-20H,1-3,5,7-9,11,13-16H2. The molecular formula is C21H31N7O. The van der Waals surface area contributed by atoms with Crippen LogP contribution in [0.15, 0.2) is 30.9 Å². The summed E-state index contributed by atoms with van der Waals surface area (Å²) in [5.74, 6) is 0.566. The van der Waals surface area contributed by atoms with E-state index in [0.29, 0.717) is 12.5 Å². The summed E-state index contributed by atoms with van der Waals surface area (Å²) in [4.78, 5) is 21.9. The number of carbonyl (C=O) groups excluding carboxylic acids is 1. The highest BCUT2D eigenvalue weighted by Crippen LogP contribution is 2.27. The first-order chi connectivity index (χ1) is 14.3. The van der Waals surface area contributed by atoms with Crippen molar-refractivity contribution in [3.63, 3.8) is 0 Å². The first-order valence-corrected chi connectivity index (χ1v) is 10.9. The molecule has 0 N–H and O–H groups in total. The van der Waals surface area contributed by atoms with Crippen LogP contribution in [0.4, 0.5) is 0 Å². The molecule has 0 spiro atoms. The lowest BCUT2D eigenvalue weighted by Gasteiger charge is -2.41. The number of rotatable bonds is 7. The van der Waals surface area contributed by atoms with E-state index < -0.39 is 0 Å². The molecule has 0 bridgehead atoms. The van der Waals surface area contributed by atoms with Crippen LogP contribution in [0.25, 0.3) is 0 Å². The van der Waals surface area contributed by atoms with Crippen molar-refractivity contribution in [2.75, 3.05) is 19.6 Å². The Labute approximate surface area is 172 Å². The van der Waals surface area contributed by atoms with Crippen LogP contribution in [-0.2, 0) is 17.9 Å². The molecular weight excluding hydrogens is 366 g/mol. The van der Waals surface area contributed by atoms with E-state index in [-0.39, 0.29) is 12.5 Å². The molecule has 1 saturated heterocycles. The van der Waals surface area contributed by atoms with Gasteiger partial charge in [-0.3, -0.25) is 9.78 Å². The number of hydrogen-bond donors (Lipinski definition) is 0. The third-order valence-corrected chi connectivity index (χ3v) is 6.26. The van der Waals surface area contributed by atoms with Gasteiger partial charge in [-0.05, 0) is 60.2 Å².